The summed E-state index contributed by atoms with van der Waals surface area (Å²) in [6.07, 6.45) is 0. The van der Waals surface area contributed by atoms with E-state index in [2.05, 4.69) is 5.16 Å². The third-order valence-electron chi connectivity index (χ3n) is 2.93. The molecule has 2 aromatic rings. The normalized spacial score (nSPS) is 10.8. The zero-order valence-electron chi connectivity index (χ0n) is 12.5. The van der Waals surface area contributed by atoms with Crippen LogP contribution in [0, 0.1) is 5.41 Å². The summed E-state index contributed by atoms with van der Waals surface area (Å²) in [4.78, 5) is 17.0. The van der Waals surface area contributed by atoms with Gasteiger partial charge in [-0.15, -0.1) is 0 Å². The molecule has 0 aliphatic rings. The van der Waals surface area contributed by atoms with Gasteiger partial charge in [-0.05, 0) is 20.8 Å². The van der Waals surface area contributed by atoms with Gasteiger partial charge in [0.1, 0.15) is 5.71 Å². The zero-order chi connectivity index (χ0) is 15.3. The van der Waals surface area contributed by atoms with E-state index in [9.17, 15) is 4.79 Å². The number of carbonyl (C=O) groups excluding carboxylic acids is 1. The van der Waals surface area contributed by atoms with Crippen molar-refractivity contribution < 1.29 is 9.63 Å². The first-order valence-electron chi connectivity index (χ1n) is 6.89. The minimum absolute atomic E-state index is 0.355. The van der Waals surface area contributed by atoms with Crippen LogP contribution < -0.4 is 0 Å². The first-order chi connectivity index (χ1) is 9.98. The maximum atomic E-state index is 11.9. The number of hydrogen-bond donors (Lipinski definition) is 0. The molecule has 0 spiro atoms. The lowest BCUT2D eigenvalue weighted by atomic mass is 9.98. The lowest BCUT2D eigenvalue weighted by Gasteiger charge is -2.14. The predicted molar refractivity (Wildman–Crippen MR) is 84.1 cm³/mol. The second kappa shape index (κ2) is 6.35. The first-order valence-corrected chi connectivity index (χ1v) is 6.89. The van der Waals surface area contributed by atoms with Gasteiger partial charge >= 0.3 is 5.97 Å². The van der Waals surface area contributed by atoms with Crippen molar-refractivity contribution in [3.05, 3.63) is 71.8 Å². The third-order valence-corrected chi connectivity index (χ3v) is 2.93. The number of nitrogens with zero attached hydrogens (tertiary/aromatic N) is 1. The Bertz CT molecular complexity index is 584. The number of rotatable bonds is 3. The molecule has 0 unspecified atom stereocenters. The van der Waals surface area contributed by atoms with Gasteiger partial charge < -0.3 is 4.84 Å². The quantitative estimate of drug-likeness (QED) is 0.484. The summed E-state index contributed by atoms with van der Waals surface area (Å²) in [7, 11) is 0. The largest absolute Gasteiger partial charge is 0.340 e. The summed E-state index contributed by atoms with van der Waals surface area (Å²) in [5, 5.41) is 4.10. The fourth-order valence-electron chi connectivity index (χ4n) is 1.69. The predicted octanol–water partition coefficient (Wildman–Crippen LogP) is 4.03. The molecule has 0 N–H and O–H groups in total. The Labute approximate surface area is 125 Å². The van der Waals surface area contributed by atoms with Crippen LogP contribution in [0.4, 0.5) is 0 Å². The molecule has 0 aliphatic heterocycles. The molecule has 0 amide bonds. The Morgan fingerprint density at radius 3 is 1.67 bits per heavy atom. The van der Waals surface area contributed by atoms with Gasteiger partial charge in [-0.25, -0.2) is 4.79 Å². The summed E-state index contributed by atoms with van der Waals surface area (Å²) < 4.78 is 0. The number of carbonyl (C=O) groups is 1. The lowest BCUT2D eigenvalue weighted by Crippen LogP contribution is -2.21. The van der Waals surface area contributed by atoms with Crippen LogP contribution in [-0.4, -0.2) is 11.7 Å². The molecule has 2 aromatic carbocycles. The monoisotopic (exact) mass is 281 g/mol. The molecule has 21 heavy (non-hydrogen) atoms. The van der Waals surface area contributed by atoms with Gasteiger partial charge in [0.05, 0.1) is 5.41 Å². The second-order valence-corrected chi connectivity index (χ2v) is 5.80. The van der Waals surface area contributed by atoms with E-state index in [1.54, 1.807) is 20.8 Å². The molecular weight excluding hydrogens is 262 g/mol. The van der Waals surface area contributed by atoms with Crippen LogP contribution in [0.15, 0.2) is 65.8 Å². The maximum Gasteiger partial charge on any atom is 0.340 e. The highest BCUT2D eigenvalue weighted by atomic mass is 16.7. The zero-order valence-corrected chi connectivity index (χ0v) is 12.5. The Morgan fingerprint density at radius 2 is 1.29 bits per heavy atom. The van der Waals surface area contributed by atoms with Crippen molar-refractivity contribution in [1.29, 1.82) is 0 Å². The van der Waals surface area contributed by atoms with E-state index in [0.29, 0.717) is 5.71 Å². The Hall–Kier alpha value is -2.42. The molecular formula is C18H19NO2. The molecule has 0 bridgehead atoms. The van der Waals surface area contributed by atoms with Gasteiger partial charge in [0.15, 0.2) is 0 Å². The second-order valence-electron chi connectivity index (χ2n) is 5.80. The topological polar surface area (TPSA) is 38.7 Å². The van der Waals surface area contributed by atoms with E-state index >= 15 is 0 Å². The van der Waals surface area contributed by atoms with Crippen molar-refractivity contribution in [2.45, 2.75) is 20.8 Å². The molecule has 0 aliphatic carbocycles. The van der Waals surface area contributed by atoms with Crippen LogP contribution >= 0.6 is 0 Å². The Kier molecular flexibility index (Phi) is 4.53. The van der Waals surface area contributed by atoms with Gasteiger partial charge in [-0.1, -0.05) is 65.8 Å². The van der Waals surface area contributed by atoms with Crippen LogP contribution in [-0.2, 0) is 9.63 Å². The highest BCUT2D eigenvalue weighted by Crippen LogP contribution is 2.17. The molecule has 0 atom stereocenters. The standard InChI is InChI=1S/C18H19NO2/c1-18(2,3)17(20)21-19-16(14-10-6-4-7-11-14)15-12-8-5-9-13-15/h4-13H,1-3H3. The first kappa shape index (κ1) is 15.0. The van der Waals surface area contributed by atoms with Crippen LogP contribution in [0.3, 0.4) is 0 Å². The third kappa shape index (κ3) is 4.02. The molecule has 0 radical (unpaired) electrons. The van der Waals surface area contributed by atoms with Gasteiger partial charge in [-0.3, -0.25) is 0 Å². The van der Waals surface area contributed by atoms with Gasteiger partial charge in [-0.2, -0.15) is 0 Å². The molecule has 0 saturated carbocycles. The van der Waals surface area contributed by atoms with Crippen LogP contribution in [0.25, 0.3) is 0 Å². The molecule has 0 saturated heterocycles. The lowest BCUT2D eigenvalue weighted by molar-refractivity contribution is -0.152. The summed E-state index contributed by atoms with van der Waals surface area (Å²) in [6, 6.07) is 19.4. The molecule has 0 fully saturated rings. The summed E-state index contributed by atoms with van der Waals surface area (Å²) in [6.45, 7) is 5.40. The molecule has 2 rings (SSSR count). The minimum atomic E-state index is -0.581. The van der Waals surface area contributed by atoms with Crippen LogP contribution in [0.1, 0.15) is 31.9 Å². The Balaban J connectivity index is 2.36. The highest BCUT2D eigenvalue weighted by Gasteiger charge is 2.24. The number of hydrogen-bond acceptors (Lipinski definition) is 3. The van der Waals surface area contributed by atoms with E-state index in [4.69, 9.17) is 4.84 Å². The van der Waals surface area contributed by atoms with Gasteiger partial charge in [0.2, 0.25) is 0 Å². The highest BCUT2D eigenvalue weighted by molar-refractivity contribution is 6.12. The smallest absolute Gasteiger partial charge is 0.317 e. The number of benzene rings is 2. The van der Waals surface area contributed by atoms with Crippen molar-refractivity contribution in [3.63, 3.8) is 0 Å². The average molecular weight is 281 g/mol. The van der Waals surface area contributed by atoms with Crippen molar-refractivity contribution in [2.75, 3.05) is 0 Å². The van der Waals surface area contributed by atoms with E-state index in [-0.39, 0.29) is 5.97 Å². The van der Waals surface area contributed by atoms with E-state index in [1.165, 1.54) is 0 Å². The van der Waals surface area contributed by atoms with Crippen molar-refractivity contribution in [1.82, 2.24) is 0 Å². The molecule has 0 aromatic heterocycles. The number of oxime groups is 1. The van der Waals surface area contributed by atoms with E-state index in [0.717, 1.165) is 11.1 Å². The Morgan fingerprint density at radius 1 is 0.857 bits per heavy atom. The van der Waals surface area contributed by atoms with Crippen molar-refractivity contribution in [2.24, 2.45) is 10.6 Å². The van der Waals surface area contributed by atoms with E-state index in [1.807, 2.05) is 60.7 Å². The molecule has 3 heteroatoms. The van der Waals surface area contributed by atoms with Gasteiger partial charge in [0, 0.05) is 11.1 Å². The minimum Gasteiger partial charge on any atom is -0.317 e. The summed E-state index contributed by atoms with van der Waals surface area (Å²) in [5.41, 5.74) is 1.88. The van der Waals surface area contributed by atoms with E-state index < -0.39 is 5.41 Å². The maximum absolute atomic E-state index is 11.9. The molecule has 108 valence electrons. The summed E-state index contributed by atoms with van der Waals surface area (Å²) >= 11 is 0. The fourth-order valence-corrected chi connectivity index (χ4v) is 1.69. The van der Waals surface area contributed by atoms with Gasteiger partial charge in [0.25, 0.3) is 0 Å². The van der Waals surface area contributed by atoms with Crippen LogP contribution in [0.5, 0.6) is 0 Å². The summed E-state index contributed by atoms with van der Waals surface area (Å²) in [5.74, 6) is -0.355. The van der Waals surface area contributed by atoms with Crippen molar-refractivity contribution >= 4 is 11.7 Å². The van der Waals surface area contributed by atoms with Crippen LogP contribution in [0.2, 0.25) is 0 Å². The average Bonchev–Trinajstić information content (AvgIpc) is 2.48. The SMILES string of the molecule is CC(C)(C)C(=O)ON=C(c1ccccc1)c1ccccc1. The molecule has 0 heterocycles. The fraction of sp³-hybridized carbons (Fsp3) is 0.222. The van der Waals surface area contributed by atoms with Crippen molar-refractivity contribution in [3.8, 4) is 0 Å². The molecule has 3 nitrogen and oxygen atoms in total.